The van der Waals surface area contributed by atoms with E-state index in [2.05, 4.69) is 0 Å². The molecule has 0 atom stereocenters. The van der Waals surface area contributed by atoms with Crippen LogP contribution in [0.1, 0.15) is 33.2 Å². The highest BCUT2D eigenvalue weighted by molar-refractivity contribution is 6.23. The van der Waals surface area contributed by atoms with Gasteiger partial charge in [0.1, 0.15) is 5.75 Å². The third-order valence-corrected chi connectivity index (χ3v) is 3.45. The van der Waals surface area contributed by atoms with E-state index in [1.54, 1.807) is 0 Å². The maximum absolute atomic E-state index is 11.9. The van der Waals surface area contributed by atoms with Crippen LogP contribution in [-0.2, 0) is 6.42 Å². The van der Waals surface area contributed by atoms with Crippen molar-refractivity contribution in [2.24, 2.45) is 0 Å². The van der Waals surface area contributed by atoms with Crippen LogP contribution in [0.5, 0.6) is 17.2 Å². The Morgan fingerprint density at radius 3 is 1.52 bits per heavy atom. The Morgan fingerprint density at radius 2 is 1.14 bits per heavy atom. The van der Waals surface area contributed by atoms with E-state index in [1.165, 1.54) is 6.92 Å². The molecule has 9 nitrogen and oxygen atoms in total. The molecule has 1 aliphatic carbocycles. The zero-order chi connectivity index (χ0) is 16.3. The molecule has 0 spiro atoms. The molecule has 0 heterocycles. The number of ketones is 2. The Bertz CT molecular complexity index is 672. The van der Waals surface area contributed by atoms with Gasteiger partial charge in [0.2, 0.25) is 11.6 Å². The van der Waals surface area contributed by atoms with E-state index < -0.39 is 51.5 Å². The summed E-state index contributed by atoms with van der Waals surface area (Å²) in [4.78, 5) is 23.8. The molecule has 7 N–H and O–H groups in total. The monoisotopic (exact) mass is 300 g/mol. The molecule has 2 rings (SSSR count). The second-order valence-corrected chi connectivity index (χ2v) is 4.63. The number of fused-ring (bicyclic) bond motifs is 1. The number of hydrogen-bond donors (Lipinski definition) is 7. The Morgan fingerprint density at radius 1 is 0.762 bits per heavy atom. The fourth-order valence-electron chi connectivity index (χ4n) is 2.20. The van der Waals surface area contributed by atoms with E-state index in [0.29, 0.717) is 0 Å². The first-order valence-corrected chi connectivity index (χ1v) is 5.78. The topological polar surface area (TPSA) is 176 Å². The second-order valence-electron chi connectivity index (χ2n) is 4.63. The quantitative estimate of drug-likeness (QED) is 0.177. The van der Waals surface area contributed by atoms with Crippen LogP contribution in [0.4, 0.5) is 0 Å². The molecule has 0 fully saturated rings. The predicted molar refractivity (Wildman–Crippen MR) is 63.8 cm³/mol. The summed E-state index contributed by atoms with van der Waals surface area (Å²) in [5.74, 6) is -14.6. The van der Waals surface area contributed by atoms with Gasteiger partial charge in [0.25, 0.3) is 11.6 Å². The van der Waals surface area contributed by atoms with Crippen molar-refractivity contribution in [1.29, 1.82) is 0 Å². The average Bonchev–Trinajstić information content (AvgIpc) is 2.40. The van der Waals surface area contributed by atoms with Crippen LogP contribution < -0.4 is 0 Å². The van der Waals surface area contributed by atoms with E-state index in [9.17, 15) is 45.3 Å². The zero-order valence-corrected chi connectivity index (χ0v) is 10.7. The first-order chi connectivity index (χ1) is 9.50. The predicted octanol–water partition coefficient (Wildman–Crippen LogP) is -1.89. The van der Waals surface area contributed by atoms with Gasteiger partial charge in [-0.25, -0.2) is 0 Å². The molecule has 0 radical (unpaired) electrons. The third-order valence-electron chi connectivity index (χ3n) is 3.45. The summed E-state index contributed by atoms with van der Waals surface area (Å²) in [7, 11) is 0. The lowest BCUT2D eigenvalue weighted by atomic mass is 9.78. The number of benzene rings is 1. The van der Waals surface area contributed by atoms with Crippen LogP contribution >= 0.6 is 0 Å². The fourth-order valence-corrected chi connectivity index (χ4v) is 2.20. The summed E-state index contributed by atoms with van der Waals surface area (Å²) in [6.07, 6.45) is -0.0623. The zero-order valence-electron chi connectivity index (χ0n) is 10.7. The maximum Gasteiger partial charge on any atom is 0.293 e. The van der Waals surface area contributed by atoms with Gasteiger partial charge in [-0.05, 0) is 6.42 Å². The Hall–Kier alpha value is -2.20. The van der Waals surface area contributed by atoms with Gasteiger partial charge in [-0.1, -0.05) is 6.92 Å². The van der Waals surface area contributed by atoms with Crippen molar-refractivity contribution in [1.82, 2.24) is 0 Å². The van der Waals surface area contributed by atoms with Gasteiger partial charge in [0, 0.05) is 5.56 Å². The first kappa shape index (κ1) is 15.2. The number of aliphatic hydroxyl groups is 4. The number of aromatic hydroxyl groups is 3. The van der Waals surface area contributed by atoms with Crippen LogP contribution in [0, 0.1) is 0 Å². The highest BCUT2D eigenvalue weighted by atomic mass is 16.6. The highest BCUT2D eigenvalue weighted by Crippen LogP contribution is 2.48. The molecule has 9 heteroatoms. The summed E-state index contributed by atoms with van der Waals surface area (Å²) < 4.78 is 0. The molecule has 114 valence electrons. The number of rotatable bonds is 1. The number of Topliss-reactive ketones (excluding diaryl/α,β-unsaturated/α-hetero) is 2. The van der Waals surface area contributed by atoms with Crippen LogP contribution in [0.3, 0.4) is 0 Å². The largest absolute Gasteiger partial charge is 0.507 e. The summed E-state index contributed by atoms with van der Waals surface area (Å²) >= 11 is 0. The summed E-state index contributed by atoms with van der Waals surface area (Å²) in [6.45, 7) is 1.45. The minimum Gasteiger partial charge on any atom is -0.507 e. The molecular formula is C12H12O9. The number of phenolic OH excluding ortho intramolecular Hbond substituents is 3. The van der Waals surface area contributed by atoms with Gasteiger partial charge in [0.15, 0.2) is 11.5 Å². The average molecular weight is 300 g/mol. The summed E-state index contributed by atoms with van der Waals surface area (Å²) in [5, 5.41) is 67.1. The van der Waals surface area contributed by atoms with E-state index in [-0.39, 0.29) is 12.0 Å². The van der Waals surface area contributed by atoms with E-state index >= 15 is 0 Å². The first-order valence-electron chi connectivity index (χ1n) is 5.78. The Balaban J connectivity index is 2.98. The molecule has 0 bridgehead atoms. The molecular weight excluding hydrogens is 288 g/mol. The molecule has 1 aliphatic rings. The Labute approximate surface area is 116 Å². The fraction of sp³-hybridized carbons (Fsp3) is 0.333. The van der Waals surface area contributed by atoms with Crippen molar-refractivity contribution in [2.45, 2.75) is 24.9 Å². The highest BCUT2D eigenvalue weighted by Gasteiger charge is 2.64. The van der Waals surface area contributed by atoms with Gasteiger partial charge < -0.3 is 35.7 Å². The molecule has 0 saturated heterocycles. The molecule has 0 unspecified atom stereocenters. The lowest BCUT2D eigenvalue weighted by Gasteiger charge is -2.37. The molecule has 0 saturated carbocycles. The minimum absolute atomic E-state index is 0.0623. The van der Waals surface area contributed by atoms with Crippen LogP contribution in [0.2, 0.25) is 0 Å². The van der Waals surface area contributed by atoms with E-state index in [4.69, 9.17) is 0 Å². The van der Waals surface area contributed by atoms with Crippen molar-refractivity contribution in [2.75, 3.05) is 0 Å². The van der Waals surface area contributed by atoms with Crippen molar-refractivity contribution >= 4 is 11.6 Å². The molecule has 1 aromatic rings. The van der Waals surface area contributed by atoms with E-state index in [1.807, 2.05) is 0 Å². The lowest BCUT2D eigenvalue weighted by Crippen LogP contribution is -2.66. The number of hydrogen-bond acceptors (Lipinski definition) is 9. The summed E-state index contributed by atoms with van der Waals surface area (Å²) in [6, 6.07) is 0. The van der Waals surface area contributed by atoms with Crippen LogP contribution in [0.25, 0.3) is 0 Å². The van der Waals surface area contributed by atoms with Crippen molar-refractivity contribution in [3.8, 4) is 17.2 Å². The van der Waals surface area contributed by atoms with Crippen molar-refractivity contribution in [3.05, 3.63) is 16.7 Å². The normalized spacial score (nSPS) is 19.5. The van der Waals surface area contributed by atoms with Crippen molar-refractivity contribution < 1.29 is 45.3 Å². The van der Waals surface area contributed by atoms with Gasteiger partial charge in [-0.3, -0.25) is 9.59 Å². The molecule has 0 amide bonds. The van der Waals surface area contributed by atoms with E-state index in [0.717, 1.165) is 0 Å². The Kier molecular flexibility index (Phi) is 3.00. The molecule has 0 aromatic heterocycles. The summed E-state index contributed by atoms with van der Waals surface area (Å²) in [5.41, 5.74) is -2.42. The minimum atomic E-state index is -3.94. The van der Waals surface area contributed by atoms with Gasteiger partial charge in [-0.15, -0.1) is 0 Å². The smallest absolute Gasteiger partial charge is 0.293 e. The molecule has 21 heavy (non-hydrogen) atoms. The number of carbonyl (C=O) groups is 2. The maximum atomic E-state index is 11.9. The third kappa shape index (κ3) is 1.59. The number of phenols is 3. The van der Waals surface area contributed by atoms with Gasteiger partial charge >= 0.3 is 0 Å². The number of carbonyl (C=O) groups excluding carboxylic acids is 2. The lowest BCUT2D eigenvalue weighted by molar-refractivity contribution is -0.299. The van der Waals surface area contributed by atoms with Crippen molar-refractivity contribution in [3.63, 3.8) is 0 Å². The van der Waals surface area contributed by atoms with Gasteiger partial charge in [-0.2, -0.15) is 0 Å². The molecule has 0 aliphatic heterocycles. The molecule has 1 aromatic carbocycles. The standard InChI is InChI=1S/C12H12O9/c1-2-3-6(13)4-5(8(15)7(3)14)10(17)12(20,21)11(18,19)9(4)16/h13-15,18-21H,2H2,1H3. The van der Waals surface area contributed by atoms with Crippen LogP contribution in [0.15, 0.2) is 0 Å². The second kappa shape index (κ2) is 4.15. The SMILES string of the molecule is CCc1c(O)c(O)c2c(c1O)C(=O)C(O)(O)C(O)(O)C2=O. The van der Waals surface area contributed by atoms with Crippen LogP contribution in [-0.4, -0.2) is 58.9 Å². The van der Waals surface area contributed by atoms with Gasteiger partial charge in [0.05, 0.1) is 11.1 Å².